The van der Waals surface area contributed by atoms with Crippen LogP contribution >= 0.6 is 45.2 Å². The summed E-state index contributed by atoms with van der Waals surface area (Å²) in [5.74, 6) is -0.895. The molecule has 0 unspecified atom stereocenters. The number of hydrogen-bond donors (Lipinski definition) is 1. The van der Waals surface area contributed by atoms with Crippen LogP contribution in [-0.2, 0) is 48.5 Å². The molecule has 99 heavy (non-hydrogen) atoms. The summed E-state index contributed by atoms with van der Waals surface area (Å²) in [6.45, 7) is 18.8. The van der Waals surface area contributed by atoms with E-state index >= 15 is 0 Å². The van der Waals surface area contributed by atoms with Crippen LogP contribution in [0.25, 0.3) is 0 Å². The van der Waals surface area contributed by atoms with Crippen LogP contribution in [0.2, 0.25) is 0 Å². The average Bonchev–Trinajstić information content (AvgIpc) is 1.59. The number of hydrogen-bond acceptors (Lipinski definition) is 19. The average molecular weight is 1640 g/mol. The predicted octanol–water partition coefficient (Wildman–Crippen LogP) is 9.12. The van der Waals surface area contributed by atoms with Gasteiger partial charge in [0.25, 0.3) is 0 Å². The van der Waals surface area contributed by atoms with Gasteiger partial charge in [-0.2, -0.15) is 0 Å². The van der Waals surface area contributed by atoms with Crippen molar-refractivity contribution < 1.29 is 92.8 Å². The maximum Gasteiger partial charge on any atom is 1.00 e. The van der Waals surface area contributed by atoms with Crippen LogP contribution in [0.1, 0.15) is 179 Å². The number of aromatic carboxylic acids is 1. The minimum atomic E-state index is -3.56. The van der Waals surface area contributed by atoms with Crippen molar-refractivity contribution in [2.24, 2.45) is 21.7 Å². The van der Waals surface area contributed by atoms with Crippen LogP contribution in [0.15, 0.2) is 87.5 Å². The van der Waals surface area contributed by atoms with Crippen molar-refractivity contribution in [1.29, 1.82) is 0 Å². The van der Waals surface area contributed by atoms with Crippen molar-refractivity contribution >= 4 is 121 Å². The molecule has 4 aromatic carbocycles. The number of ketones is 3. The van der Waals surface area contributed by atoms with Crippen molar-refractivity contribution in [3.8, 4) is 0 Å². The van der Waals surface area contributed by atoms with Crippen molar-refractivity contribution in [3.63, 3.8) is 0 Å². The van der Waals surface area contributed by atoms with E-state index in [0.29, 0.717) is 48.3 Å². The number of halogens is 2. The van der Waals surface area contributed by atoms with E-state index in [4.69, 9.17) is 18.9 Å². The quantitative estimate of drug-likeness (QED) is 0.0533. The Bertz CT molecular complexity index is 3870. The maximum atomic E-state index is 13.0. The Balaban J connectivity index is 0.000000139. The fraction of sp³-hybridized carbons (Fsp3) is 0.616. The summed E-state index contributed by atoms with van der Waals surface area (Å²) < 4.78 is 97.5. The molecule has 4 spiro atoms. The first kappa shape index (κ1) is 77.9. The van der Waals surface area contributed by atoms with E-state index in [1.54, 1.807) is 77.1 Å². The van der Waals surface area contributed by atoms with Gasteiger partial charge in [0.1, 0.15) is 14.7 Å². The molecule has 536 valence electrons. The molecule has 8 heterocycles. The van der Waals surface area contributed by atoms with Gasteiger partial charge in [-0.1, -0.05) is 22.6 Å². The van der Waals surface area contributed by atoms with E-state index in [0.717, 1.165) is 131 Å². The molecule has 0 aromatic heterocycles. The fourth-order valence-electron chi connectivity index (χ4n) is 14.7. The van der Waals surface area contributed by atoms with Gasteiger partial charge in [0, 0.05) is 89.7 Å². The van der Waals surface area contributed by atoms with Gasteiger partial charge in [0.15, 0.2) is 46.9 Å². The van der Waals surface area contributed by atoms with Gasteiger partial charge in [-0.3, -0.25) is 14.4 Å². The third kappa shape index (κ3) is 16.8. The van der Waals surface area contributed by atoms with Gasteiger partial charge in [-0.05, 0) is 254 Å². The van der Waals surface area contributed by atoms with Crippen LogP contribution in [0.4, 0.5) is 22.7 Å². The molecule has 0 amide bonds. The Morgan fingerprint density at radius 3 is 0.949 bits per heavy atom. The van der Waals surface area contributed by atoms with Crippen LogP contribution in [-0.4, -0.2) is 183 Å². The summed E-state index contributed by atoms with van der Waals surface area (Å²) in [5.41, 5.74) is 7.72. The third-order valence-electron chi connectivity index (χ3n) is 23.2. The van der Waals surface area contributed by atoms with Crippen LogP contribution in [0.5, 0.6) is 0 Å². The first-order valence-corrected chi connectivity index (χ1v) is 41.4. The number of carbonyl (C=O) groups is 4. The Kier molecular flexibility index (Phi) is 23.9. The standard InChI is InChI=1S/C19H25NO4S.C18H23NO5S.C18H23NO4S.C15H18INO.C3H5IO.Li.H2O/c1-14(21)16-4-3-15(25(22,23)18(2)12-24-13-18)11-17(16)20-9-7-19(5-6-19)8-10-20;1-17(11-24-12-17)25(22,23)13-2-3-14(16(20)21)15(10-13)19-8-6-18(4-5-18)7-9-19;1-13(20)16-3-2-14(24(21,22)15-11-23-12-15)10-17(16)19-8-6-18(4-5-18)7-9-19;1-11(18)13-3-2-12(16)10-14(13)17-8-6-15(4-5-15)7-9-17;4-3-1-5-2-3;;/h3-4,11H,5-10,12-13H2,1-2H3;2-3,10H,4-9,11-12H2,1H3,(H,20,21);2-3,10,15H,4-9,11-12H2,1H3;2-3,10H,4-9H2,1H3;3H,1-2H2;;1H2/q;;;;;+1;/p-1. The topological polar surface area (TPSA) is 271 Å². The van der Waals surface area contributed by atoms with E-state index in [1.165, 1.54) is 79.9 Å². The number of piperidine rings is 4. The fourth-order valence-corrected chi connectivity index (χ4v) is 20.3. The summed E-state index contributed by atoms with van der Waals surface area (Å²) >= 11 is 4.69. The molecular formula is C73H95I2LiN4O16S3. The van der Waals surface area contributed by atoms with E-state index in [1.807, 2.05) is 17.0 Å². The molecule has 4 aromatic rings. The molecule has 26 heteroatoms. The molecular weight excluding hydrogens is 1550 g/mol. The van der Waals surface area contributed by atoms with Crippen LogP contribution in [0.3, 0.4) is 0 Å². The van der Waals surface area contributed by atoms with Gasteiger partial charge in [-0.15, -0.1) is 0 Å². The van der Waals surface area contributed by atoms with Gasteiger partial charge < -0.3 is 49.1 Å². The molecule has 0 atom stereocenters. The summed E-state index contributed by atoms with van der Waals surface area (Å²) in [4.78, 5) is 57.1. The molecule has 20 nitrogen and oxygen atoms in total. The number of anilines is 4. The Labute approximate surface area is 624 Å². The van der Waals surface area contributed by atoms with E-state index in [2.05, 4.69) is 65.9 Å². The van der Waals surface area contributed by atoms with E-state index in [-0.39, 0.29) is 91.8 Å². The number of alkyl halides is 1. The Morgan fingerprint density at radius 1 is 0.424 bits per heavy atom. The smallest absolute Gasteiger partial charge is 0.870 e. The molecule has 12 fully saturated rings. The summed E-state index contributed by atoms with van der Waals surface area (Å²) in [7, 11) is -10.4. The number of rotatable bonds is 14. The molecule has 8 saturated heterocycles. The minimum Gasteiger partial charge on any atom is -0.870 e. The molecule has 4 saturated carbocycles. The summed E-state index contributed by atoms with van der Waals surface area (Å²) in [5, 5.41) is 9.07. The number of nitrogens with zero attached hydrogens (tertiary/aromatic N) is 4. The van der Waals surface area contributed by atoms with Gasteiger partial charge in [-0.25, -0.2) is 30.0 Å². The van der Waals surface area contributed by atoms with Crippen molar-refractivity contribution in [3.05, 3.63) is 98.6 Å². The monoisotopic (exact) mass is 1640 g/mol. The largest absolute Gasteiger partial charge is 1.00 e. The predicted molar refractivity (Wildman–Crippen MR) is 393 cm³/mol. The molecule has 0 radical (unpaired) electrons. The Morgan fingerprint density at radius 2 is 0.697 bits per heavy atom. The first-order valence-electron chi connectivity index (χ1n) is 34.6. The molecule has 12 aliphatic rings. The number of carboxylic acid groups (broad SMARTS) is 1. The zero-order valence-electron chi connectivity index (χ0n) is 58.1. The van der Waals surface area contributed by atoms with Crippen LogP contribution in [0, 0.1) is 25.2 Å². The van der Waals surface area contributed by atoms with Crippen LogP contribution < -0.4 is 38.5 Å². The Hall–Kier alpha value is -3.73. The normalized spacial score (nSPS) is 22.9. The van der Waals surface area contributed by atoms with E-state index in [9.17, 15) is 49.5 Å². The number of carbonyl (C=O) groups excluding carboxylic acids is 3. The first-order chi connectivity index (χ1) is 45.9. The molecule has 8 aliphatic heterocycles. The second-order valence-electron chi connectivity index (χ2n) is 30.4. The second kappa shape index (κ2) is 30.4. The number of sulfone groups is 3. The second-order valence-corrected chi connectivity index (χ2v) is 40.5. The summed E-state index contributed by atoms with van der Waals surface area (Å²) in [6.07, 6.45) is 19.9. The zero-order valence-corrected chi connectivity index (χ0v) is 64.9. The number of benzene rings is 4. The van der Waals surface area contributed by atoms with Gasteiger partial charge in [0.2, 0.25) is 0 Å². The minimum absolute atomic E-state index is 0. The molecule has 0 bridgehead atoms. The van der Waals surface area contributed by atoms with Crippen molar-refractivity contribution in [2.75, 3.05) is 125 Å². The number of carboxylic acids is 1. The number of ether oxygens (including phenoxy) is 4. The van der Waals surface area contributed by atoms with Gasteiger partial charge >= 0.3 is 24.8 Å². The maximum absolute atomic E-state index is 13.0. The van der Waals surface area contributed by atoms with E-state index < -0.39 is 50.2 Å². The molecule has 16 rings (SSSR count). The van der Waals surface area contributed by atoms with Crippen molar-refractivity contribution in [1.82, 2.24) is 0 Å². The third-order valence-corrected chi connectivity index (χ3v) is 31.5. The number of Topliss-reactive ketones (excluding diaryl/α,β-unsaturated/α-hetero) is 3. The SMILES string of the molecule is CC(=O)c1ccc(I)cc1N1CCC2(CC1)CC2.CC(=O)c1ccc(S(=O)(=O)C2(C)COC2)cc1N1CCC2(CC1)CC2.CC(=O)c1ccc(S(=O)(=O)C2COC2)cc1N1CCC2(CC1)CC2.CC1(S(=O)(=O)c2ccc(C(=O)O)c(N3CCC4(CC3)CC4)c2)COC1.IC1COC1.[Li+].[OH-]. The van der Waals surface area contributed by atoms with Crippen molar-refractivity contribution in [2.45, 2.75) is 171 Å². The molecule has 4 aliphatic carbocycles. The van der Waals surface area contributed by atoms with Gasteiger partial charge in [0.05, 0.1) is 82.7 Å². The summed E-state index contributed by atoms with van der Waals surface area (Å²) in [6, 6.07) is 20.4. The molecule has 2 N–H and O–H groups in total. The zero-order chi connectivity index (χ0) is 69.1.